The highest BCUT2D eigenvalue weighted by molar-refractivity contribution is 5.88. The maximum atomic E-state index is 14.7. The lowest BCUT2D eigenvalue weighted by Crippen LogP contribution is -2.60. The van der Waals surface area contributed by atoms with Gasteiger partial charge in [-0.25, -0.2) is 29.1 Å². The number of nitrogens with zero attached hydrogens (tertiary/aromatic N) is 6. The van der Waals surface area contributed by atoms with Crippen LogP contribution in [0.3, 0.4) is 0 Å². The van der Waals surface area contributed by atoms with Crippen molar-refractivity contribution in [2.45, 2.75) is 32.4 Å². The summed E-state index contributed by atoms with van der Waals surface area (Å²) in [5.74, 6) is 0.881. The summed E-state index contributed by atoms with van der Waals surface area (Å²) >= 11 is 0. The van der Waals surface area contributed by atoms with Gasteiger partial charge in [-0.2, -0.15) is 0 Å². The number of fused-ring (bicyclic) bond motifs is 1. The maximum Gasteiger partial charge on any atom is 0.410 e. The van der Waals surface area contributed by atoms with Crippen molar-refractivity contribution in [2.24, 2.45) is 0 Å². The number of likely N-dealkylation sites (N-methyl/N-ethyl adjacent to an activating group) is 1. The Labute approximate surface area is 219 Å². The second kappa shape index (κ2) is 10.1. The predicted molar refractivity (Wildman–Crippen MR) is 141 cm³/mol. The van der Waals surface area contributed by atoms with Gasteiger partial charge in [-0.3, -0.25) is 0 Å². The fourth-order valence-electron chi connectivity index (χ4n) is 3.87. The van der Waals surface area contributed by atoms with Gasteiger partial charge in [0.1, 0.15) is 29.0 Å². The highest BCUT2D eigenvalue weighted by Gasteiger charge is 2.35. The quantitative estimate of drug-likeness (QED) is 0.372. The minimum atomic E-state index is -0.619. The van der Waals surface area contributed by atoms with Gasteiger partial charge in [0.25, 0.3) is 5.88 Å². The number of pyridine rings is 2. The normalized spacial score (nSPS) is 13.7. The van der Waals surface area contributed by atoms with E-state index in [4.69, 9.17) is 14.5 Å². The van der Waals surface area contributed by atoms with E-state index in [1.165, 1.54) is 18.6 Å². The highest BCUT2D eigenvalue weighted by Crippen LogP contribution is 2.29. The number of nitrogens with one attached hydrogen (secondary N) is 1. The zero-order chi connectivity index (χ0) is 26.9. The van der Waals surface area contributed by atoms with Crippen molar-refractivity contribution in [3.05, 3.63) is 66.9 Å². The SMILES string of the molecule is CN(C(=O)OC(C)(C)C)C1CN(c2ccc3ncnc(Nc4cnc(Oc5ccccc5)c(F)c4)c3n2)C1. The van der Waals surface area contributed by atoms with Crippen LogP contribution in [-0.4, -0.2) is 62.7 Å². The summed E-state index contributed by atoms with van der Waals surface area (Å²) in [6.07, 6.45) is 2.53. The summed E-state index contributed by atoms with van der Waals surface area (Å²) in [7, 11) is 1.74. The van der Waals surface area contributed by atoms with E-state index >= 15 is 0 Å². The van der Waals surface area contributed by atoms with E-state index < -0.39 is 11.4 Å². The molecule has 0 unspecified atom stereocenters. The average molecular weight is 518 g/mol. The molecule has 1 N–H and O–H groups in total. The fraction of sp³-hybridized carbons (Fsp3) is 0.296. The number of hydrogen-bond acceptors (Lipinski definition) is 9. The van der Waals surface area contributed by atoms with Crippen molar-refractivity contribution in [2.75, 3.05) is 30.4 Å². The lowest BCUT2D eigenvalue weighted by molar-refractivity contribution is 0.0196. The van der Waals surface area contributed by atoms with Crippen molar-refractivity contribution < 1.29 is 18.7 Å². The second-order valence-electron chi connectivity index (χ2n) is 9.96. The monoisotopic (exact) mass is 517 g/mol. The van der Waals surface area contributed by atoms with Crippen LogP contribution in [0.4, 0.5) is 26.5 Å². The Bertz CT molecular complexity index is 1460. The summed E-state index contributed by atoms with van der Waals surface area (Å²) in [5, 5.41) is 3.09. The molecule has 1 aromatic carbocycles. The third-order valence-corrected chi connectivity index (χ3v) is 5.91. The van der Waals surface area contributed by atoms with E-state index in [0.29, 0.717) is 41.4 Å². The molecular weight excluding hydrogens is 489 g/mol. The molecule has 11 heteroatoms. The number of para-hydroxylation sites is 1. The molecule has 4 heterocycles. The number of halogens is 1. The number of anilines is 3. The first-order chi connectivity index (χ1) is 18.2. The molecule has 38 heavy (non-hydrogen) atoms. The molecule has 4 aromatic rings. The summed E-state index contributed by atoms with van der Waals surface area (Å²) in [5.41, 5.74) is 0.995. The number of rotatable bonds is 6. The first-order valence-corrected chi connectivity index (χ1v) is 12.1. The first kappa shape index (κ1) is 25.1. The van der Waals surface area contributed by atoms with Gasteiger partial charge in [0.15, 0.2) is 11.6 Å². The summed E-state index contributed by atoms with van der Waals surface area (Å²) in [4.78, 5) is 33.5. The number of aromatic nitrogens is 4. The molecule has 1 amide bonds. The number of benzene rings is 1. The topological polar surface area (TPSA) is 106 Å². The van der Waals surface area contributed by atoms with E-state index in [1.54, 1.807) is 36.2 Å². The van der Waals surface area contributed by atoms with E-state index in [0.717, 1.165) is 5.82 Å². The van der Waals surface area contributed by atoms with Gasteiger partial charge in [0.05, 0.1) is 23.4 Å². The molecule has 1 aliphatic heterocycles. The molecule has 1 aliphatic rings. The zero-order valence-electron chi connectivity index (χ0n) is 21.6. The van der Waals surface area contributed by atoms with Crippen molar-refractivity contribution in [3.8, 4) is 11.6 Å². The molecule has 196 valence electrons. The molecule has 0 radical (unpaired) electrons. The average Bonchev–Trinajstić information content (AvgIpc) is 2.84. The molecule has 1 fully saturated rings. The third-order valence-electron chi connectivity index (χ3n) is 5.91. The van der Waals surface area contributed by atoms with E-state index in [2.05, 4.69) is 25.2 Å². The molecule has 1 saturated heterocycles. The van der Waals surface area contributed by atoms with Crippen molar-refractivity contribution in [1.82, 2.24) is 24.8 Å². The van der Waals surface area contributed by atoms with Crippen molar-refractivity contribution in [1.29, 1.82) is 0 Å². The van der Waals surface area contributed by atoms with Gasteiger partial charge in [0.2, 0.25) is 0 Å². The van der Waals surface area contributed by atoms with E-state index in [9.17, 15) is 9.18 Å². The maximum absolute atomic E-state index is 14.7. The molecule has 0 spiro atoms. The first-order valence-electron chi connectivity index (χ1n) is 12.1. The van der Waals surface area contributed by atoms with Gasteiger partial charge in [-0.1, -0.05) is 18.2 Å². The van der Waals surface area contributed by atoms with Crippen LogP contribution in [0.25, 0.3) is 11.0 Å². The smallest absolute Gasteiger partial charge is 0.410 e. The number of ether oxygens (including phenoxy) is 2. The van der Waals surface area contributed by atoms with Crippen LogP contribution >= 0.6 is 0 Å². The molecule has 0 aliphatic carbocycles. The molecule has 3 aromatic heterocycles. The minimum Gasteiger partial charge on any atom is -0.444 e. The van der Waals surface area contributed by atoms with Crippen LogP contribution in [0, 0.1) is 5.82 Å². The Morgan fingerprint density at radius 3 is 2.58 bits per heavy atom. The van der Waals surface area contributed by atoms with Crippen LogP contribution in [0.2, 0.25) is 0 Å². The largest absolute Gasteiger partial charge is 0.444 e. The molecular formula is C27H28FN7O3. The molecule has 10 nitrogen and oxygen atoms in total. The highest BCUT2D eigenvalue weighted by atomic mass is 19.1. The zero-order valence-corrected chi connectivity index (χ0v) is 21.6. The van der Waals surface area contributed by atoms with Crippen LogP contribution < -0.4 is 15.0 Å². The van der Waals surface area contributed by atoms with Crippen LogP contribution in [0.5, 0.6) is 11.6 Å². The minimum absolute atomic E-state index is 0.0117. The number of carbonyl (C=O) groups excluding carboxylic acids is 1. The Morgan fingerprint density at radius 1 is 1.11 bits per heavy atom. The Hall–Kier alpha value is -4.54. The lowest BCUT2D eigenvalue weighted by Gasteiger charge is -2.44. The van der Waals surface area contributed by atoms with Gasteiger partial charge < -0.3 is 24.6 Å². The fourth-order valence-corrected chi connectivity index (χ4v) is 3.87. The Kier molecular flexibility index (Phi) is 6.66. The number of hydrogen-bond donors (Lipinski definition) is 1. The van der Waals surface area contributed by atoms with Crippen molar-refractivity contribution in [3.63, 3.8) is 0 Å². The number of amides is 1. The van der Waals surface area contributed by atoms with Crippen LogP contribution in [0.15, 0.2) is 61.1 Å². The molecule has 0 atom stereocenters. The van der Waals surface area contributed by atoms with E-state index in [1.807, 2.05) is 39.0 Å². The number of carbonyl (C=O) groups is 1. The van der Waals surface area contributed by atoms with Crippen LogP contribution in [0.1, 0.15) is 20.8 Å². The predicted octanol–water partition coefficient (Wildman–Crippen LogP) is 5.15. The van der Waals surface area contributed by atoms with Gasteiger partial charge in [0, 0.05) is 26.2 Å². The summed E-state index contributed by atoms with van der Waals surface area (Å²) in [6, 6.07) is 13.9. The molecule has 0 bridgehead atoms. The molecule has 0 saturated carbocycles. The Morgan fingerprint density at radius 2 is 1.87 bits per heavy atom. The third kappa shape index (κ3) is 5.56. The summed E-state index contributed by atoms with van der Waals surface area (Å²) < 4.78 is 25.7. The van der Waals surface area contributed by atoms with Crippen molar-refractivity contribution >= 4 is 34.4 Å². The molecule has 5 rings (SSSR count). The van der Waals surface area contributed by atoms with Gasteiger partial charge in [-0.15, -0.1) is 0 Å². The summed E-state index contributed by atoms with van der Waals surface area (Å²) in [6.45, 7) is 6.76. The lowest BCUT2D eigenvalue weighted by atomic mass is 10.1. The van der Waals surface area contributed by atoms with E-state index in [-0.39, 0.29) is 18.0 Å². The second-order valence-corrected chi connectivity index (χ2v) is 9.96. The standard InChI is InChI=1S/C27H28FN7O3/c1-27(2,3)38-26(36)34(4)18-14-35(15-18)22-11-10-21-23(33-22)24(31-16-30-21)32-17-12-20(28)25(29-13-17)37-19-8-6-5-7-9-19/h5-13,16,18H,14-15H2,1-4H3,(H,30,31,32). The van der Waals surface area contributed by atoms with Crippen LogP contribution in [-0.2, 0) is 4.74 Å². The Balaban J connectivity index is 1.29. The van der Waals surface area contributed by atoms with Gasteiger partial charge in [-0.05, 0) is 45.0 Å². The van der Waals surface area contributed by atoms with Gasteiger partial charge >= 0.3 is 6.09 Å².